The lowest BCUT2D eigenvalue weighted by Gasteiger charge is -2.17. The Hall–Kier alpha value is -1.19. The van der Waals surface area contributed by atoms with Gasteiger partial charge in [0.1, 0.15) is 0 Å². The smallest absolute Gasteiger partial charge is 0.211 e. The molecule has 0 aromatic heterocycles. The van der Waals surface area contributed by atoms with Gasteiger partial charge in [0.2, 0.25) is 6.08 Å². The molecule has 0 amide bonds. The molecule has 0 atom stereocenters. The highest BCUT2D eigenvalue weighted by Crippen LogP contribution is 2.29. The zero-order chi connectivity index (χ0) is 12.2. The van der Waals surface area contributed by atoms with Gasteiger partial charge in [0.15, 0.2) is 0 Å². The summed E-state index contributed by atoms with van der Waals surface area (Å²) in [4.78, 5) is 14.4. The molecule has 5 heteroatoms. The van der Waals surface area contributed by atoms with E-state index in [1.165, 1.54) is 6.08 Å². The molecule has 0 fully saturated rings. The Kier molecular flexibility index (Phi) is 4.21. The van der Waals surface area contributed by atoms with Crippen LogP contribution in [0.3, 0.4) is 0 Å². The number of hydrogen-bond donors (Lipinski definition) is 0. The lowest BCUT2D eigenvalue weighted by Crippen LogP contribution is -2.13. The molecule has 1 aromatic rings. The third kappa shape index (κ3) is 3.43. The maximum absolute atomic E-state index is 12.1. The maximum atomic E-state index is 12.1. The van der Waals surface area contributed by atoms with Crippen molar-refractivity contribution in [3.63, 3.8) is 0 Å². The van der Waals surface area contributed by atoms with E-state index in [1.54, 1.807) is 38.1 Å². The van der Waals surface area contributed by atoms with Crippen LogP contribution in [0.1, 0.15) is 19.4 Å². The molecule has 0 radical (unpaired) electrons. The van der Waals surface area contributed by atoms with Crippen LogP contribution >= 0.6 is 11.8 Å². The number of benzene rings is 1. The molecule has 0 heterocycles. The number of rotatable bonds is 4. The fourth-order valence-electron chi connectivity index (χ4n) is 1.22. The van der Waals surface area contributed by atoms with Gasteiger partial charge in [-0.05, 0) is 31.5 Å². The van der Waals surface area contributed by atoms with Gasteiger partial charge in [0.05, 0.1) is 5.54 Å². The average Bonchev–Trinajstić information content (AvgIpc) is 2.17. The Balaban J connectivity index is 2.90. The Morgan fingerprint density at radius 2 is 1.88 bits per heavy atom. The first-order chi connectivity index (χ1) is 7.45. The van der Waals surface area contributed by atoms with E-state index in [-0.39, 0.29) is 0 Å². The van der Waals surface area contributed by atoms with Crippen molar-refractivity contribution in [2.24, 2.45) is 4.99 Å². The molecule has 0 saturated heterocycles. The third-order valence-corrected chi connectivity index (χ3v) is 2.83. The predicted octanol–water partition coefficient (Wildman–Crippen LogP) is 3.57. The average molecular weight is 243 g/mol. The second kappa shape index (κ2) is 5.23. The highest BCUT2D eigenvalue weighted by atomic mass is 32.2. The largest absolute Gasteiger partial charge is 0.288 e. The molecule has 0 aliphatic heterocycles. The maximum Gasteiger partial charge on any atom is 0.288 e. The highest BCUT2D eigenvalue weighted by Gasteiger charge is 2.19. The molecule has 86 valence electrons. The molecular formula is C11H11F2NOS. The van der Waals surface area contributed by atoms with Gasteiger partial charge in [-0.1, -0.05) is 23.9 Å². The molecular weight excluding hydrogens is 232 g/mol. The van der Waals surface area contributed by atoms with Crippen LogP contribution in [0.4, 0.5) is 8.78 Å². The molecule has 0 bridgehead atoms. The minimum atomic E-state index is -2.42. The van der Waals surface area contributed by atoms with Crippen molar-refractivity contribution >= 4 is 17.8 Å². The molecule has 0 aliphatic carbocycles. The van der Waals surface area contributed by atoms with Gasteiger partial charge in [-0.2, -0.15) is 13.8 Å². The fourth-order valence-corrected chi connectivity index (χ4v) is 1.72. The van der Waals surface area contributed by atoms with Crippen molar-refractivity contribution in [1.29, 1.82) is 0 Å². The van der Waals surface area contributed by atoms with Gasteiger partial charge in [-0.3, -0.25) is 0 Å². The highest BCUT2D eigenvalue weighted by molar-refractivity contribution is 7.99. The molecule has 0 saturated carbocycles. The Bertz CT molecular complexity index is 397. The van der Waals surface area contributed by atoms with Crippen LogP contribution in [0.2, 0.25) is 0 Å². The quantitative estimate of drug-likeness (QED) is 0.459. The fraction of sp³-hybridized carbons (Fsp3) is 0.364. The van der Waals surface area contributed by atoms with Crippen molar-refractivity contribution in [1.82, 2.24) is 0 Å². The molecule has 0 unspecified atom stereocenters. The van der Waals surface area contributed by atoms with Crippen molar-refractivity contribution in [3.05, 3.63) is 29.8 Å². The topological polar surface area (TPSA) is 29.4 Å². The zero-order valence-electron chi connectivity index (χ0n) is 8.91. The van der Waals surface area contributed by atoms with Gasteiger partial charge < -0.3 is 0 Å². The lowest BCUT2D eigenvalue weighted by atomic mass is 9.95. The minimum absolute atomic E-state index is 0.490. The summed E-state index contributed by atoms with van der Waals surface area (Å²) in [6, 6.07) is 6.56. The van der Waals surface area contributed by atoms with Gasteiger partial charge >= 0.3 is 0 Å². The molecule has 1 rings (SSSR count). The van der Waals surface area contributed by atoms with E-state index >= 15 is 0 Å². The molecule has 2 nitrogen and oxygen atoms in total. The summed E-state index contributed by atoms with van der Waals surface area (Å²) >= 11 is 0.490. The SMILES string of the molecule is CC(C)(N=C=O)c1ccc(SC(F)F)cc1. The number of nitrogens with zero attached hydrogens (tertiary/aromatic N) is 1. The normalized spacial score (nSPS) is 11.3. The van der Waals surface area contributed by atoms with E-state index in [4.69, 9.17) is 0 Å². The molecule has 0 N–H and O–H groups in total. The zero-order valence-corrected chi connectivity index (χ0v) is 9.72. The second-order valence-corrected chi connectivity index (χ2v) is 4.73. The van der Waals surface area contributed by atoms with E-state index in [0.717, 1.165) is 5.56 Å². The van der Waals surface area contributed by atoms with Crippen LogP contribution in [-0.4, -0.2) is 11.8 Å². The minimum Gasteiger partial charge on any atom is -0.211 e. The Morgan fingerprint density at radius 3 is 2.31 bits per heavy atom. The Labute approximate surface area is 96.8 Å². The van der Waals surface area contributed by atoms with E-state index in [1.807, 2.05) is 0 Å². The van der Waals surface area contributed by atoms with Crippen LogP contribution in [-0.2, 0) is 10.3 Å². The number of isocyanates is 1. The van der Waals surface area contributed by atoms with Crippen LogP contribution in [0.5, 0.6) is 0 Å². The summed E-state index contributed by atoms with van der Waals surface area (Å²) in [6.07, 6.45) is 1.50. The first-order valence-corrected chi connectivity index (χ1v) is 5.48. The van der Waals surface area contributed by atoms with Crippen LogP contribution in [0.15, 0.2) is 34.2 Å². The van der Waals surface area contributed by atoms with E-state index < -0.39 is 11.3 Å². The van der Waals surface area contributed by atoms with Gasteiger partial charge in [-0.15, -0.1) is 0 Å². The van der Waals surface area contributed by atoms with Crippen LogP contribution in [0, 0.1) is 0 Å². The number of thioether (sulfide) groups is 1. The summed E-state index contributed by atoms with van der Waals surface area (Å²) in [5.41, 5.74) is 0.116. The summed E-state index contributed by atoms with van der Waals surface area (Å²) in [5, 5.41) is 0. The molecule has 0 spiro atoms. The summed E-state index contributed by atoms with van der Waals surface area (Å²) in [6.45, 7) is 3.51. The van der Waals surface area contributed by atoms with Crippen LogP contribution in [0.25, 0.3) is 0 Å². The second-order valence-electron chi connectivity index (χ2n) is 3.66. The number of carbonyl (C=O) groups excluding carboxylic acids is 1. The van der Waals surface area contributed by atoms with Gasteiger partial charge in [0, 0.05) is 4.90 Å². The first kappa shape index (κ1) is 12.9. The van der Waals surface area contributed by atoms with Gasteiger partial charge in [0.25, 0.3) is 5.76 Å². The van der Waals surface area contributed by atoms with Gasteiger partial charge in [-0.25, -0.2) is 4.79 Å². The van der Waals surface area contributed by atoms with Crippen molar-refractivity contribution in [2.75, 3.05) is 0 Å². The summed E-state index contributed by atoms with van der Waals surface area (Å²) < 4.78 is 24.1. The molecule has 1 aromatic carbocycles. The monoisotopic (exact) mass is 243 g/mol. The molecule has 16 heavy (non-hydrogen) atoms. The Morgan fingerprint density at radius 1 is 1.31 bits per heavy atom. The van der Waals surface area contributed by atoms with Crippen molar-refractivity contribution in [2.45, 2.75) is 30.0 Å². The number of aliphatic imine (C=N–C) groups is 1. The number of halogens is 2. The predicted molar refractivity (Wildman–Crippen MR) is 59.5 cm³/mol. The number of hydrogen-bond acceptors (Lipinski definition) is 3. The lowest BCUT2D eigenvalue weighted by molar-refractivity contribution is 0.252. The first-order valence-electron chi connectivity index (χ1n) is 4.60. The van der Waals surface area contributed by atoms with Crippen molar-refractivity contribution < 1.29 is 13.6 Å². The van der Waals surface area contributed by atoms with Crippen LogP contribution < -0.4 is 0 Å². The number of alkyl halides is 2. The molecule has 0 aliphatic rings. The van der Waals surface area contributed by atoms with E-state index in [9.17, 15) is 13.6 Å². The van der Waals surface area contributed by atoms with E-state index in [2.05, 4.69) is 4.99 Å². The van der Waals surface area contributed by atoms with E-state index in [0.29, 0.717) is 16.7 Å². The standard InChI is InChI=1S/C11H11F2NOS/c1-11(2,14-7-15)8-3-5-9(6-4-8)16-10(12)13/h3-6,10H,1-2H3. The third-order valence-electron chi connectivity index (χ3n) is 2.11. The summed E-state index contributed by atoms with van der Waals surface area (Å²) in [5.74, 6) is -2.42. The summed E-state index contributed by atoms with van der Waals surface area (Å²) in [7, 11) is 0. The van der Waals surface area contributed by atoms with Crippen molar-refractivity contribution in [3.8, 4) is 0 Å².